The molecule has 0 aliphatic rings. The molecule has 3 aromatic rings. The summed E-state index contributed by atoms with van der Waals surface area (Å²) in [5.74, 6) is 0. The van der Waals surface area contributed by atoms with Gasteiger partial charge in [0, 0.05) is 35.6 Å². The fourth-order valence-corrected chi connectivity index (χ4v) is 2.46. The van der Waals surface area contributed by atoms with Gasteiger partial charge in [-0.05, 0) is 30.5 Å². The smallest absolute Gasteiger partial charge is 0.0708 e. The maximum atomic E-state index is 4.48. The Morgan fingerprint density at radius 1 is 1.08 bits per heavy atom. The first kappa shape index (κ1) is 15.6. The van der Waals surface area contributed by atoms with Gasteiger partial charge in [0.15, 0.2) is 0 Å². The molecule has 0 aliphatic carbocycles. The van der Waals surface area contributed by atoms with Crippen molar-refractivity contribution in [2.45, 2.75) is 6.42 Å². The van der Waals surface area contributed by atoms with Crippen LogP contribution in [0.3, 0.4) is 0 Å². The van der Waals surface area contributed by atoms with E-state index in [0.717, 1.165) is 34.5 Å². The highest BCUT2D eigenvalue weighted by atomic mass is 15.1. The first-order valence-electron chi connectivity index (χ1n) is 7.70. The van der Waals surface area contributed by atoms with Gasteiger partial charge in [0.2, 0.25) is 0 Å². The SMILES string of the molecule is C=N/C=C\C=C/Cc1[nH]ncc1-c1ccnc(-c2ccccc2)c1. The summed E-state index contributed by atoms with van der Waals surface area (Å²) in [6.07, 6.45) is 12.0. The number of allylic oxidation sites excluding steroid dienone is 3. The van der Waals surface area contributed by atoms with Gasteiger partial charge in [0.25, 0.3) is 0 Å². The second-order valence-corrected chi connectivity index (χ2v) is 5.21. The van der Waals surface area contributed by atoms with E-state index >= 15 is 0 Å². The minimum Gasteiger partial charge on any atom is -0.282 e. The van der Waals surface area contributed by atoms with Crippen LogP contribution in [0.25, 0.3) is 22.4 Å². The van der Waals surface area contributed by atoms with E-state index in [0.29, 0.717) is 0 Å². The molecule has 0 fully saturated rings. The Bertz CT molecular complexity index is 860. The number of pyridine rings is 1. The molecular weight excluding hydrogens is 296 g/mol. The van der Waals surface area contributed by atoms with Gasteiger partial charge in [-0.1, -0.05) is 42.5 Å². The Morgan fingerprint density at radius 2 is 1.96 bits per heavy atom. The average Bonchev–Trinajstić information content (AvgIpc) is 3.11. The number of hydrogen-bond acceptors (Lipinski definition) is 3. The third-order valence-corrected chi connectivity index (χ3v) is 3.62. The summed E-state index contributed by atoms with van der Waals surface area (Å²) in [4.78, 5) is 8.14. The second kappa shape index (κ2) is 7.83. The highest BCUT2D eigenvalue weighted by Crippen LogP contribution is 2.26. The molecule has 24 heavy (non-hydrogen) atoms. The van der Waals surface area contributed by atoms with Crippen LogP contribution in [0.1, 0.15) is 5.69 Å². The van der Waals surface area contributed by atoms with E-state index < -0.39 is 0 Å². The summed E-state index contributed by atoms with van der Waals surface area (Å²) in [6, 6.07) is 14.3. The fraction of sp³-hybridized carbons (Fsp3) is 0.0500. The van der Waals surface area contributed by atoms with Crippen molar-refractivity contribution in [2.24, 2.45) is 4.99 Å². The van der Waals surface area contributed by atoms with Crippen LogP contribution >= 0.6 is 0 Å². The van der Waals surface area contributed by atoms with Crippen molar-refractivity contribution in [1.29, 1.82) is 0 Å². The van der Waals surface area contributed by atoms with Gasteiger partial charge in [0.05, 0.1) is 11.9 Å². The molecule has 2 aromatic heterocycles. The predicted octanol–water partition coefficient (Wildman–Crippen LogP) is 4.45. The Morgan fingerprint density at radius 3 is 2.79 bits per heavy atom. The highest BCUT2D eigenvalue weighted by molar-refractivity contribution is 5.71. The van der Waals surface area contributed by atoms with E-state index in [1.807, 2.05) is 48.8 Å². The monoisotopic (exact) mass is 314 g/mol. The molecular formula is C20H18N4. The van der Waals surface area contributed by atoms with Gasteiger partial charge < -0.3 is 0 Å². The molecule has 0 amide bonds. The first-order chi connectivity index (χ1) is 11.9. The molecule has 0 radical (unpaired) electrons. The largest absolute Gasteiger partial charge is 0.282 e. The van der Waals surface area contributed by atoms with Crippen LogP contribution in [0.15, 0.2) is 84.3 Å². The quantitative estimate of drug-likeness (QED) is 0.540. The molecule has 0 atom stereocenters. The molecule has 4 heteroatoms. The van der Waals surface area contributed by atoms with Crippen molar-refractivity contribution in [3.63, 3.8) is 0 Å². The summed E-state index contributed by atoms with van der Waals surface area (Å²) in [7, 11) is 0. The van der Waals surface area contributed by atoms with Crippen LogP contribution in [0.5, 0.6) is 0 Å². The predicted molar refractivity (Wildman–Crippen MR) is 98.8 cm³/mol. The van der Waals surface area contributed by atoms with Crippen LogP contribution in [-0.2, 0) is 6.42 Å². The van der Waals surface area contributed by atoms with Gasteiger partial charge in [0.1, 0.15) is 0 Å². The lowest BCUT2D eigenvalue weighted by Crippen LogP contribution is -1.88. The van der Waals surface area contributed by atoms with E-state index in [2.05, 4.69) is 51.2 Å². The Kier molecular flexibility index (Phi) is 5.10. The molecule has 0 spiro atoms. The average molecular weight is 314 g/mol. The topological polar surface area (TPSA) is 53.9 Å². The number of aromatic amines is 1. The van der Waals surface area contributed by atoms with Crippen LogP contribution < -0.4 is 0 Å². The third kappa shape index (κ3) is 3.73. The van der Waals surface area contributed by atoms with Crippen molar-refractivity contribution >= 4 is 6.72 Å². The minimum absolute atomic E-state index is 0.764. The van der Waals surface area contributed by atoms with Crippen LogP contribution in [0, 0.1) is 0 Å². The summed E-state index contributed by atoms with van der Waals surface area (Å²) in [5, 5.41) is 7.26. The maximum absolute atomic E-state index is 4.48. The van der Waals surface area contributed by atoms with Crippen molar-refractivity contribution in [2.75, 3.05) is 0 Å². The lowest BCUT2D eigenvalue weighted by molar-refractivity contribution is 1.01. The van der Waals surface area contributed by atoms with Crippen LogP contribution in [0.2, 0.25) is 0 Å². The molecule has 1 N–H and O–H groups in total. The standard InChI is InChI=1S/C20H18N4/c1-21-12-7-3-6-10-19-18(15-23-24-19)17-11-13-22-20(14-17)16-8-4-2-5-9-16/h2-9,11-15H,1,10H2,(H,23,24)/b6-3-,12-7-. The normalized spacial score (nSPS) is 11.3. The van der Waals surface area contributed by atoms with Crippen molar-refractivity contribution < 1.29 is 0 Å². The highest BCUT2D eigenvalue weighted by Gasteiger charge is 2.08. The first-order valence-corrected chi connectivity index (χ1v) is 7.70. The zero-order valence-electron chi connectivity index (χ0n) is 13.3. The second-order valence-electron chi connectivity index (χ2n) is 5.21. The van der Waals surface area contributed by atoms with Gasteiger partial charge in [-0.15, -0.1) is 0 Å². The number of benzene rings is 1. The van der Waals surface area contributed by atoms with Crippen LogP contribution in [0.4, 0.5) is 0 Å². The molecule has 4 nitrogen and oxygen atoms in total. The molecule has 0 aliphatic heterocycles. The van der Waals surface area contributed by atoms with E-state index in [9.17, 15) is 0 Å². The number of aromatic nitrogens is 3. The molecule has 0 saturated carbocycles. The molecule has 0 unspecified atom stereocenters. The van der Waals surface area contributed by atoms with Gasteiger partial charge in [-0.25, -0.2) is 0 Å². The molecule has 118 valence electrons. The number of aliphatic imine (C=N–C) groups is 1. The lowest BCUT2D eigenvalue weighted by Gasteiger charge is -2.05. The number of rotatable bonds is 6. The summed E-state index contributed by atoms with van der Waals surface area (Å²) in [5.41, 5.74) is 5.31. The van der Waals surface area contributed by atoms with E-state index in [1.54, 1.807) is 6.20 Å². The van der Waals surface area contributed by atoms with E-state index in [4.69, 9.17) is 0 Å². The van der Waals surface area contributed by atoms with Crippen LogP contribution in [-0.4, -0.2) is 21.9 Å². The zero-order valence-corrected chi connectivity index (χ0v) is 13.3. The number of nitrogens with one attached hydrogen (secondary N) is 1. The zero-order chi connectivity index (χ0) is 16.6. The molecule has 0 bridgehead atoms. The summed E-state index contributed by atoms with van der Waals surface area (Å²) < 4.78 is 0. The molecule has 0 saturated heterocycles. The van der Waals surface area contributed by atoms with E-state index in [-0.39, 0.29) is 0 Å². The molecule has 3 rings (SSSR count). The fourth-order valence-electron chi connectivity index (χ4n) is 2.46. The van der Waals surface area contributed by atoms with Crippen molar-refractivity contribution in [1.82, 2.24) is 15.2 Å². The summed E-state index contributed by atoms with van der Waals surface area (Å²) >= 11 is 0. The number of nitrogens with zero attached hydrogens (tertiary/aromatic N) is 3. The van der Waals surface area contributed by atoms with Gasteiger partial charge >= 0.3 is 0 Å². The lowest BCUT2D eigenvalue weighted by atomic mass is 10.0. The summed E-state index contributed by atoms with van der Waals surface area (Å²) in [6.45, 7) is 3.40. The third-order valence-electron chi connectivity index (χ3n) is 3.62. The Balaban J connectivity index is 1.85. The molecule has 1 aromatic carbocycles. The van der Waals surface area contributed by atoms with Crippen molar-refractivity contribution in [3.05, 3.63) is 85.0 Å². The molecule has 2 heterocycles. The number of hydrogen-bond donors (Lipinski definition) is 1. The maximum Gasteiger partial charge on any atom is 0.0708 e. The minimum atomic E-state index is 0.764. The Labute approximate surface area is 141 Å². The van der Waals surface area contributed by atoms with Gasteiger partial charge in [-0.3, -0.25) is 15.1 Å². The van der Waals surface area contributed by atoms with Gasteiger partial charge in [-0.2, -0.15) is 5.10 Å². The van der Waals surface area contributed by atoms with E-state index in [1.165, 1.54) is 0 Å². The Hall–Kier alpha value is -3.27. The number of H-pyrrole nitrogens is 1. The van der Waals surface area contributed by atoms with Crippen molar-refractivity contribution in [3.8, 4) is 22.4 Å².